The third-order valence-electron chi connectivity index (χ3n) is 3.85. The van der Waals surface area contributed by atoms with E-state index >= 15 is 0 Å². The Morgan fingerprint density at radius 1 is 1.19 bits per heavy atom. The summed E-state index contributed by atoms with van der Waals surface area (Å²) in [6.45, 7) is 2.09. The SMILES string of the molecule is CC1CCC(NC(=O)c2ccc(OCC(N)=O)cc2)CC1. The van der Waals surface area contributed by atoms with Gasteiger partial charge in [0.15, 0.2) is 6.61 Å². The summed E-state index contributed by atoms with van der Waals surface area (Å²) in [5.41, 5.74) is 5.60. The van der Waals surface area contributed by atoms with Gasteiger partial charge in [-0.15, -0.1) is 0 Å². The first-order valence-corrected chi connectivity index (χ1v) is 7.36. The molecule has 114 valence electrons. The Balaban J connectivity index is 1.86. The molecule has 2 rings (SSSR count). The van der Waals surface area contributed by atoms with Gasteiger partial charge >= 0.3 is 0 Å². The number of carbonyl (C=O) groups excluding carboxylic acids is 2. The molecule has 0 saturated heterocycles. The van der Waals surface area contributed by atoms with Crippen molar-refractivity contribution in [2.75, 3.05) is 6.61 Å². The van der Waals surface area contributed by atoms with Crippen LogP contribution >= 0.6 is 0 Å². The van der Waals surface area contributed by atoms with Crippen molar-refractivity contribution in [1.82, 2.24) is 5.32 Å². The summed E-state index contributed by atoms with van der Waals surface area (Å²) in [6, 6.07) is 7.00. The average molecular weight is 290 g/mol. The van der Waals surface area contributed by atoms with Crippen LogP contribution in [0.4, 0.5) is 0 Å². The Morgan fingerprint density at radius 2 is 1.81 bits per heavy atom. The third-order valence-corrected chi connectivity index (χ3v) is 3.85. The lowest BCUT2D eigenvalue weighted by Crippen LogP contribution is -2.37. The molecule has 1 aromatic carbocycles. The van der Waals surface area contributed by atoms with E-state index in [0.29, 0.717) is 11.3 Å². The number of rotatable bonds is 5. The van der Waals surface area contributed by atoms with E-state index in [-0.39, 0.29) is 18.6 Å². The van der Waals surface area contributed by atoms with Crippen LogP contribution in [0.1, 0.15) is 43.0 Å². The van der Waals surface area contributed by atoms with Crippen LogP contribution in [0.15, 0.2) is 24.3 Å². The first kappa shape index (κ1) is 15.4. The maximum absolute atomic E-state index is 12.1. The van der Waals surface area contributed by atoms with Crippen LogP contribution in [0.3, 0.4) is 0 Å². The summed E-state index contributed by atoms with van der Waals surface area (Å²) in [6.07, 6.45) is 4.44. The van der Waals surface area contributed by atoms with Crippen molar-refractivity contribution >= 4 is 11.8 Å². The highest BCUT2D eigenvalue weighted by Crippen LogP contribution is 2.23. The molecule has 0 bridgehead atoms. The fourth-order valence-corrected chi connectivity index (χ4v) is 2.53. The first-order valence-electron chi connectivity index (χ1n) is 7.36. The zero-order valence-corrected chi connectivity index (χ0v) is 12.3. The van der Waals surface area contributed by atoms with Crippen molar-refractivity contribution in [2.24, 2.45) is 11.7 Å². The molecule has 1 aromatic rings. The van der Waals surface area contributed by atoms with Gasteiger partial charge in [0.1, 0.15) is 5.75 Å². The van der Waals surface area contributed by atoms with Crippen LogP contribution < -0.4 is 15.8 Å². The monoisotopic (exact) mass is 290 g/mol. The number of nitrogens with one attached hydrogen (secondary N) is 1. The summed E-state index contributed by atoms with van der Waals surface area (Å²) < 4.78 is 5.16. The molecule has 5 heteroatoms. The highest BCUT2D eigenvalue weighted by Gasteiger charge is 2.20. The van der Waals surface area contributed by atoms with Crippen LogP contribution in [-0.4, -0.2) is 24.5 Å². The van der Waals surface area contributed by atoms with E-state index < -0.39 is 5.91 Å². The summed E-state index contributed by atoms with van der Waals surface area (Å²) in [5, 5.41) is 3.07. The minimum absolute atomic E-state index is 0.0593. The number of primary amides is 1. The van der Waals surface area contributed by atoms with Crippen LogP contribution in [-0.2, 0) is 4.79 Å². The lowest BCUT2D eigenvalue weighted by molar-refractivity contribution is -0.119. The summed E-state index contributed by atoms with van der Waals surface area (Å²) in [5.74, 6) is 0.705. The Labute approximate surface area is 124 Å². The van der Waals surface area contributed by atoms with E-state index in [4.69, 9.17) is 10.5 Å². The summed E-state index contributed by atoms with van der Waals surface area (Å²) in [4.78, 5) is 22.8. The number of ether oxygens (including phenoxy) is 1. The molecule has 1 saturated carbocycles. The predicted molar refractivity (Wildman–Crippen MR) is 80.0 cm³/mol. The molecule has 0 heterocycles. The summed E-state index contributed by atoms with van der Waals surface area (Å²) in [7, 11) is 0. The molecule has 0 unspecified atom stereocenters. The van der Waals surface area contributed by atoms with E-state index in [1.807, 2.05) is 0 Å². The van der Waals surface area contributed by atoms with Crippen molar-refractivity contribution in [3.63, 3.8) is 0 Å². The van der Waals surface area contributed by atoms with Crippen molar-refractivity contribution in [1.29, 1.82) is 0 Å². The largest absolute Gasteiger partial charge is 0.484 e. The van der Waals surface area contributed by atoms with Gasteiger partial charge in [-0.3, -0.25) is 9.59 Å². The fraction of sp³-hybridized carbons (Fsp3) is 0.500. The number of hydrogen-bond donors (Lipinski definition) is 2. The van der Waals surface area contributed by atoms with Crippen LogP contribution in [0.5, 0.6) is 5.75 Å². The molecule has 0 radical (unpaired) electrons. The first-order chi connectivity index (χ1) is 10.0. The van der Waals surface area contributed by atoms with Gasteiger partial charge in [-0.1, -0.05) is 6.92 Å². The van der Waals surface area contributed by atoms with E-state index in [9.17, 15) is 9.59 Å². The third kappa shape index (κ3) is 4.77. The number of benzene rings is 1. The van der Waals surface area contributed by atoms with E-state index in [1.54, 1.807) is 24.3 Å². The standard InChI is InChI=1S/C16H22N2O3/c1-11-2-6-13(7-3-11)18-16(20)12-4-8-14(9-5-12)21-10-15(17)19/h4-5,8-9,11,13H,2-3,6-7,10H2,1H3,(H2,17,19)(H,18,20). The van der Waals surface area contributed by atoms with E-state index in [1.165, 1.54) is 12.8 Å². The van der Waals surface area contributed by atoms with Crippen molar-refractivity contribution in [3.05, 3.63) is 29.8 Å². The highest BCUT2D eigenvalue weighted by atomic mass is 16.5. The molecule has 1 fully saturated rings. The molecule has 0 atom stereocenters. The Kier molecular flexibility index (Phi) is 5.20. The molecule has 0 spiro atoms. The number of nitrogens with two attached hydrogens (primary N) is 1. The predicted octanol–water partition coefficient (Wildman–Crippen LogP) is 1.86. The number of hydrogen-bond acceptors (Lipinski definition) is 3. The minimum Gasteiger partial charge on any atom is -0.484 e. The average Bonchev–Trinajstić information content (AvgIpc) is 2.48. The quantitative estimate of drug-likeness (QED) is 0.868. The minimum atomic E-state index is -0.525. The van der Waals surface area contributed by atoms with Crippen LogP contribution in [0.2, 0.25) is 0 Å². The molecular formula is C16H22N2O3. The second kappa shape index (κ2) is 7.11. The number of carbonyl (C=O) groups is 2. The topological polar surface area (TPSA) is 81.4 Å². The van der Waals surface area contributed by atoms with Gasteiger partial charge < -0.3 is 15.8 Å². The molecule has 2 amide bonds. The fourth-order valence-electron chi connectivity index (χ4n) is 2.53. The molecule has 5 nitrogen and oxygen atoms in total. The molecule has 1 aliphatic rings. The Bertz CT molecular complexity index is 491. The molecule has 0 aliphatic heterocycles. The molecule has 0 aromatic heterocycles. The van der Waals surface area contributed by atoms with E-state index in [0.717, 1.165) is 18.8 Å². The van der Waals surface area contributed by atoms with Crippen LogP contribution in [0.25, 0.3) is 0 Å². The highest BCUT2D eigenvalue weighted by molar-refractivity contribution is 5.94. The summed E-state index contributed by atoms with van der Waals surface area (Å²) >= 11 is 0. The maximum atomic E-state index is 12.1. The number of amides is 2. The zero-order valence-electron chi connectivity index (χ0n) is 12.3. The van der Waals surface area contributed by atoms with Gasteiger partial charge in [0.05, 0.1) is 0 Å². The second-order valence-corrected chi connectivity index (χ2v) is 5.71. The van der Waals surface area contributed by atoms with Gasteiger partial charge in [0.25, 0.3) is 11.8 Å². The second-order valence-electron chi connectivity index (χ2n) is 5.71. The van der Waals surface area contributed by atoms with Crippen molar-refractivity contribution in [2.45, 2.75) is 38.6 Å². The van der Waals surface area contributed by atoms with Gasteiger partial charge in [-0.25, -0.2) is 0 Å². The zero-order chi connectivity index (χ0) is 15.2. The molecular weight excluding hydrogens is 268 g/mol. The Hall–Kier alpha value is -2.04. The van der Waals surface area contributed by atoms with Gasteiger partial charge in [-0.05, 0) is 55.9 Å². The van der Waals surface area contributed by atoms with Gasteiger partial charge in [-0.2, -0.15) is 0 Å². The van der Waals surface area contributed by atoms with Gasteiger partial charge in [0.2, 0.25) is 0 Å². The van der Waals surface area contributed by atoms with Crippen LogP contribution in [0, 0.1) is 5.92 Å². The molecule has 21 heavy (non-hydrogen) atoms. The lowest BCUT2D eigenvalue weighted by atomic mass is 9.87. The lowest BCUT2D eigenvalue weighted by Gasteiger charge is -2.26. The normalized spacial score (nSPS) is 21.6. The van der Waals surface area contributed by atoms with Crippen molar-refractivity contribution in [3.8, 4) is 5.75 Å². The Morgan fingerprint density at radius 3 is 2.38 bits per heavy atom. The smallest absolute Gasteiger partial charge is 0.255 e. The molecule has 1 aliphatic carbocycles. The van der Waals surface area contributed by atoms with Crippen molar-refractivity contribution < 1.29 is 14.3 Å². The van der Waals surface area contributed by atoms with E-state index in [2.05, 4.69) is 12.2 Å². The molecule has 3 N–H and O–H groups in total. The van der Waals surface area contributed by atoms with Gasteiger partial charge in [0, 0.05) is 11.6 Å². The maximum Gasteiger partial charge on any atom is 0.255 e.